The number of hydrogen-bond acceptors (Lipinski definition) is 6. The molecule has 9 heteroatoms. The number of benzene rings is 1. The molecule has 0 bridgehead atoms. The Bertz CT molecular complexity index is 933. The van der Waals surface area contributed by atoms with Gasteiger partial charge in [-0.1, -0.05) is 11.3 Å². The Kier molecular flexibility index (Phi) is 8.68. The molecule has 1 saturated carbocycles. The first-order chi connectivity index (χ1) is 16.0. The van der Waals surface area contributed by atoms with Crippen molar-refractivity contribution in [2.75, 3.05) is 27.3 Å². The summed E-state index contributed by atoms with van der Waals surface area (Å²) in [6.45, 7) is 5.21. The van der Waals surface area contributed by atoms with Gasteiger partial charge in [-0.3, -0.25) is 9.59 Å². The zero-order valence-electron chi connectivity index (χ0n) is 20.0. The molecule has 0 aliphatic heterocycles. The molecular weight excluding hydrogens is 422 g/mol. The van der Waals surface area contributed by atoms with Crippen molar-refractivity contribution in [3.8, 4) is 11.5 Å². The summed E-state index contributed by atoms with van der Waals surface area (Å²) in [5.74, 6) is 1.32. The fourth-order valence-corrected chi connectivity index (χ4v) is 4.30. The molecule has 0 radical (unpaired) electrons. The summed E-state index contributed by atoms with van der Waals surface area (Å²) in [6.07, 6.45) is 6.37. The predicted octanol–water partition coefficient (Wildman–Crippen LogP) is 3.01. The van der Waals surface area contributed by atoms with E-state index in [9.17, 15) is 9.59 Å². The van der Waals surface area contributed by atoms with E-state index in [1.807, 2.05) is 36.7 Å². The maximum Gasteiger partial charge on any atom is 0.276 e. The van der Waals surface area contributed by atoms with Gasteiger partial charge in [0.2, 0.25) is 5.91 Å². The highest BCUT2D eigenvalue weighted by molar-refractivity contribution is 5.91. The maximum absolute atomic E-state index is 12.5. The van der Waals surface area contributed by atoms with Crippen molar-refractivity contribution < 1.29 is 19.1 Å². The summed E-state index contributed by atoms with van der Waals surface area (Å²) in [6, 6.07) is 6.10. The van der Waals surface area contributed by atoms with Gasteiger partial charge in [0.05, 0.1) is 26.5 Å². The van der Waals surface area contributed by atoms with Gasteiger partial charge in [0.1, 0.15) is 0 Å². The number of nitrogens with one attached hydrogen (secondary N) is 1. The molecule has 1 fully saturated rings. The number of carbonyl (C=O) groups excluding carboxylic acids is 2. The average molecular weight is 458 g/mol. The Hall–Kier alpha value is -3.10. The lowest BCUT2D eigenvalue weighted by molar-refractivity contribution is -0.122. The highest BCUT2D eigenvalue weighted by Crippen LogP contribution is 2.29. The molecule has 0 saturated heterocycles. The fraction of sp³-hybridized carbons (Fsp3) is 0.583. The van der Waals surface area contributed by atoms with E-state index in [0.29, 0.717) is 43.1 Å². The number of methoxy groups -OCH3 is 2. The van der Waals surface area contributed by atoms with Crippen LogP contribution in [0.3, 0.4) is 0 Å². The van der Waals surface area contributed by atoms with E-state index < -0.39 is 0 Å². The van der Waals surface area contributed by atoms with E-state index in [0.717, 1.165) is 31.2 Å². The second-order valence-corrected chi connectivity index (χ2v) is 8.32. The summed E-state index contributed by atoms with van der Waals surface area (Å²) < 4.78 is 12.4. The van der Waals surface area contributed by atoms with Gasteiger partial charge >= 0.3 is 0 Å². The molecule has 1 N–H and O–H groups in total. The van der Waals surface area contributed by atoms with Gasteiger partial charge in [0.25, 0.3) is 5.91 Å². The number of amides is 2. The minimum absolute atomic E-state index is 0.0566. The molecule has 1 aliphatic rings. The smallest absolute Gasteiger partial charge is 0.276 e. The van der Waals surface area contributed by atoms with Crippen LogP contribution in [0.2, 0.25) is 0 Å². The molecule has 0 unspecified atom stereocenters. The first-order valence-corrected chi connectivity index (χ1v) is 11.7. The van der Waals surface area contributed by atoms with E-state index in [1.54, 1.807) is 25.3 Å². The van der Waals surface area contributed by atoms with Crippen LogP contribution in [0.15, 0.2) is 24.4 Å². The monoisotopic (exact) mass is 457 g/mol. The van der Waals surface area contributed by atoms with Crippen molar-refractivity contribution in [3.05, 3.63) is 35.7 Å². The van der Waals surface area contributed by atoms with Crippen molar-refractivity contribution in [1.29, 1.82) is 0 Å². The van der Waals surface area contributed by atoms with Gasteiger partial charge in [0.15, 0.2) is 17.2 Å². The van der Waals surface area contributed by atoms with Crippen LogP contribution >= 0.6 is 0 Å². The minimum atomic E-state index is -0.0818. The fourth-order valence-electron chi connectivity index (χ4n) is 4.30. The van der Waals surface area contributed by atoms with E-state index >= 15 is 0 Å². The van der Waals surface area contributed by atoms with Crippen LogP contribution < -0.4 is 14.8 Å². The van der Waals surface area contributed by atoms with E-state index in [-0.39, 0.29) is 23.9 Å². The van der Waals surface area contributed by atoms with Gasteiger partial charge < -0.3 is 19.7 Å². The molecule has 180 valence electrons. The van der Waals surface area contributed by atoms with Gasteiger partial charge in [-0.25, -0.2) is 4.68 Å². The molecule has 1 aromatic heterocycles. The second-order valence-electron chi connectivity index (χ2n) is 8.32. The van der Waals surface area contributed by atoms with Crippen LogP contribution in [0.5, 0.6) is 11.5 Å². The third-order valence-electron chi connectivity index (χ3n) is 6.30. The highest BCUT2D eigenvalue weighted by atomic mass is 16.5. The van der Waals surface area contributed by atoms with Crippen LogP contribution in [0.1, 0.15) is 68.0 Å². The molecule has 1 heterocycles. The van der Waals surface area contributed by atoms with Crippen LogP contribution in [0.25, 0.3) is 0 Å². The molecule has 1 aromatic carbocycles. The summed E-state index contributed by atoms with van der Waals surface area (Å²) in [5, 5.41) is 11.5. The van der Waals surface area contributed by atoms with Crippen molar-refractivity contribution in [3.63, 3.8) is 0 Å². The van der Waals surface area contributed by atoms with E-state index in [1.165, 1.54) is 0 Å². The maximum atomic E-state index is 12.5. The number of hydrogen-bond donors (Lipinski definition) is 1. The molecular formula is C24H35N5O4. The quantitative estimate of drug-likeness (QED) is 0.589. The van der Waals surface area contributed by atoms with E-state index in [2.05, 4.69) is 15.6 Å². The van der Waals surface area contributed by atoms with Gasteiger partial charge in [0, 0.05) is 25.6 Å². The normalized spacial score (nSPS) is 17.9. The summed E-state index contributed by atoms with van der Waals surface area (Å²) in [4.78, 5) is 26.7. The second kappa shape index (κ2) is 11.7. The third kappa shape index (κ3) is 6.24. The Labute approximate surface area is 195 Å². The Morgan fingerprint density at radius 3 is 2.42 bits per heavy atom. The van der Waals surface area contributed by atoms with Crippen LogP contribution in [-0.4, -0.2) is 65.1 Å². The Morgan fingerprint density at radius 1 is 1.09 bits per heavy atom. The molecule has 0 atom stereocenters. The van der Waals surface area contributed by atoms with Crippen molar-refractivity contribution in [2.45, 2.75) is 64.5 Å². The molecule has 9 nitrogen and oxygen atoms in total. The van der Waals surface area contributed by atoms with Gasteiger partial charge in [-0.05, 0) is 63.6 Å². The van der Waals surface area contributed by atoms with Crippen molar-refractivity contribution >= 4 is 11.8 Å². The van der Waals surface area contributed by atoms with Gasteiger partial charge in [-0.2, -0.15) is 0 Å². The number of aromatic nitrogens is 3. The topological polar surface area (TPSA) is 98.6 Å². The summed E-state index contributed by atoms with van der Waals surface area (Å²) in [5.41, 5.74) is 1.43. The highest BCUT2D eigenvalue weighted by Gasteiger charge is 2.25. The molecule has 2 amide bonds. The Balaban J connectivity index is 1.45. The summed E-state index contributed by atoms with van der Waals surface area (Å²) in [7, 11) is 3.21. The average Bonchev–Trinajstić information content (AvgIpc) is 3.34. The van der Waals surface area contributed by atoms with Crippen LogP contribution in [0.4, 0.5) is 0 Å². The standard InChI is InChI=1S/C24H35N5O4/c1-5-28(6-2)24(31)20-16-29(27-26-20)19-11-9-18(10-12-19)25-23(30)14-8-17-7-13-21(32-3)22(15-17)33-4/h7,13,15-16,18-19H,5-6,8-12,14H2,1-4H3,(H,25,30). The third-order valence-corrected chi connectivity index (χ3v) is 6.30. The number of nitrogens with zero attached hydrogens (tertiary/aromatic N) is 4. The lowest BCUT2D eigenvalue weighted by Gasteiger charge is -2.29. The first-order valence-electron chi connectivity index (χ1n) is 11.7. The van der Waals surface area contributed by atoms with Crippen LogP contribution in [-0.2, 0) is 11.2 Å². The molecule has 1 aliphatic carbocycles. The molecule has 0 spiro atoms. The van der Waals surface area contributed by atoms with Crippen LogP contribution in [0, 0.1) is 0 Å². The number of rotatable bonds is 10. The molecule has 2 aromatic rings. The lowest BCUT2D eigenvalue weighted by atomic mass is 9.91. The van der Waals surface area contributed by atoms with Crippen molar-refractivity contribution in [1.82, 2.24) is 25.2 Å². The summed E-state index contributed by atoms with van der Waals surface area (Å²) >= 11 is 0. The van der Waals surface area contributed by atoms with E-state index in [4.69, 9.17) is 9.47 Å². The Morgan fingerprint density at radius 2 is 1.79 bits per heavy atom. The minimum Gasteiger partial charge on any atom is -0.493 e. The van der Waals surface area contributed by atoms with Crippen molar-refractivity contribution in [2.24, 2.45) is 0 Å². The zero-order chi connectivity index (χ0) is 23.8. The molecule has 33 heavy (non-hydrogen) atoms. The predicted molar refractivity (Wildman–Crippen MR) is 125 cm³/mol. The SMILES string of the molecule is CCN(CC)C(=O)c1cn(C2CCC(NC(=O)CCc3ccc(OC)c(OC)c3)CC2)nn1. The first kappa shape index (κ1) is 24.5. The lowest BCUT2D eigenvalue weighted by Crippen LogP contribution is -2.38. The number of aryl methyl sites for hydroxylation is 1. The zero-order valence-corrected chi connectivity index (χ0v) is 20.0. The number of carbonyl (C=O) groups is 2. The van der Waals surface area contributed by atoms with Gasteiger partial charge in [-0.15, -0.1) is 5.10 Å². The number of ether oxygens (including phenoxy) is 2. The molecule has 3 rings (SSSR count). The largest absolute Gasteiger partial charge is 0.493 e.